The number of anilines is 1. The third-order valence-electron chi connectivity index (χ3n) is 6.77. The van der Waals surface area contributed by atoms with Gasteiger partial charge in [0.15, 0.2) is 0 Å². The third-order valence-corrected chi connectivity index (χ3v) is 6.77. The molecule has 2 saturated heterocycles. The average Bonchev–Trinajstić information content (AvgIpc) is 3.35. The first kappa shape index (κ1) is 23.7. The Morgan fingerprint density at radius 3 is 2.66 bits per heavy atom. The number of amides is 1. The second-order valence-corrected chi connectivity index (χ2v) is 10.3. The van der Waals surface area contributed by atoms with Gasteiger partial charge >= 0.3 is 0 Å². The highest BCUT2D eigenvalue weighted by molar-refractivity contribution is 5.97. The van der Waals surface area contributed by atoms with E-state index in [0.717, 1.165) is 18.2 Å². The molecular formula is C26H31F2N5O2. The Balaban J connectivity index is 1.21. The Labute approximate surface area is 203 Å². The van der Waals surface area contributed by atoms with Crippen molar-refractivity contribution in [3.63, 3.8) is 0 Å². The summed E-state index contributed by atoms with van der Waals surface area (Å²) in [7, 11) is 0. The Morgan fingerprint density at radius 2 is 1.94 bits per heavy atom. The number of carbonyl (C=O) groups is 1. The van der Waals surface area contributed by atoms with E-state index in [4.69, 9.17) is 0 Å². The van der Waals surface area contributed by atoms with Crippen LogP contribution >= 0.6 is 0 Å². The number of hydrogen-bond acceptors (Lipinski definition) is 5. The van der Waals surface area contributed by atoms with Crippen LogP contribution in [-0.2, 0) is 13.0 Å². The minimum Gasteiger partial charge on any atom is -0.389 e. The summed E-state index contributed by atoms with van der Waals surface area (Å²) in [5, 5.41) is 17.1. The first-order valence-electron chi connectivity index (χ1n) is 12.1. The summed E-state index contributed by atoms with van der Waals surface area (Å²) in [5.74, 6) is -1.22. The average molecular weight is 484 g/mol. The maximum Gasteiger partial charge on any atom is 0.252 e. The molecule has 0 radical (unpaired) electrons. The number of pyridine rings is 1. The first-order chi connectivity index (χ1) is 16.7. The van der Waals surface area contributed by atoms with E-state index < -0.39 is 17.2 Å². The predicted octanol–water partition coefficient (Wildman–Crippen LogP) is 3.00. The zero-order valence-electron chi connectivity index (χ0n) is 20.0. The molecule has 2 aliphatic rings. The van der Waals surface area contributed by atoms with Crippen molar-refractivity contribution in [2.45, 2.75) is 57.3 Å². The van der Waals surface area contributed by atoms with Crippen LogP contribution in [0.25, 0.3) is 11.0 Å². The third kappa shape index (κ3) is 5.16. The normalized spacial score (nSPS) is 20.0. The van der Waals surface area contributed by atoms with Gasteiger partial charge in [0.1, 0.15) is 17.3 Å². The summed E-state index contributed by atoms with van der Waals surface area (Å²) >= 11 is 0. The molecule has 1 amide bonds. The molecule has 0 aliphatic carbocycles. The van der Waals surface area contributed by atoms with Crippen molar-refractivity contribution < 1.29 is 18.7 Å². The van der Waals surface area contributed by atoms with Crippen molar-refractivity contribution in [1.82, 2.24) is 20.2 Å². The van der Waals surface area contributed by atoms with E-state index in [-0.39, 0.29) is 24.4 Å². The molecule has 2 fully saturated rings. The molecule has 3 N–H and O–H groups in total. The van der Waals surface area contributed by atoms with E-state index in [1.54, 1.807) is 19.9 Å². The standard InChI is InChI=1S/C26H31F2N5O2/c1-26(2,35)15-32-8-6-17-9-18(12-30-24(17)32)25(34)29-7-5-16-10-22(28)23(11-21(16)27)33-13-19-3-4-20(14-33)31-19/h6,8-12,19-20,31,35H,3-5,7,13-15H2,1-2H3,(H,29,34). The van der Waals surface area contributed by atoms with E-state index in [2.05, 4.69) is 15.6 Å². The van der Waals surface area contributed by atoms with Crippen molar-refractivity contribution in [2.24, 2.45) is 0 Å². The second-order valence-electron chi connectivity index (χ2n) is 10.3. The SMILES string of the molecule is CC(C)(O)Cn1ccc2cc(C(=O)NCCc3cc(F)c(N4CC5CCC(C4)N5)cc3F)cnc21. The Kier molecular flexibility index (Phi) is 6.23. The molecule has 2 aliphatic heterocycles. The lowest BCUT2D eigenvalue weighted by Crippen LogP contribution is -2.51. The summed E-state index contributed by atoms with van der Waals surface area (Å²) in [6.07, 6.45) is 5.62. The van der Waals surface area contributed by atoms with Gasteiger partial charge in [-0.3, -0.25) is 4.79 Å². The Bertz CT molecular complexity index is 1240. The number of carbonyl (C=O) groups excluding carboxylic acids is 1. The molecule has 5 rings (SSSR count). The molecule has 1 aromatic carbocycles. The van der Waals surface area contributed by atoms with E-state index in [9.17, 15) is 18.7 Å². The van der Waals surface area contributed by atoms with Crippen LogP contribution in [0.15, 0.2) is 36.7 Å². The van der Waals surface area contributed by atoms with Gasteiger partial charge in [0.05, 0.1) is 23.4 Å². The lowest BCUT2D eigenvalue weighted by Gasteiger charge is -2.34. The summed E-state index contributed by atoms with van der Waals surface area (Å²) < 4.78 is 31.5. The van der Waals surface area contributed by atoms with Gasteiger partial charge in [0, 0.05) is 55.6 Å². The lowest BCUT2D eigenvalue weighted by atomic mass is 10.1. The summed E-state index contributed by atoms with van der Waals surface area (Å²) in [6, 6.07) is 6.77. The molecule has 2 atom stereocenters. The highest BCUT2D eigenvalue weighted by Crippen LogP contribution is 2.29. The highest BCUT2D eigenvalue weighted by Gasteiger charge is 2.33. The molecule has 3 aromatic rings. The fraction of sp³-hybridized carbons (Fsp3) is 0.462. The van der Waals surface area contributed by atoms with Gasteiger partial charge < -0.3 is 25.2 Å². The summed E-state index contributed by atoms with van der Waals surface area (Å²) in [4.78, 5) is 18.9. The molecule has 7 nitrogen and oxygen atoms in total. The molecule has 186 valence electrons. The van der Waals surface area contributed by atoms with Crippen molar-refractivity contribution >= 4 is 22.6 Å². The Hall–Kier alpha value is -3.04. The number of hydrogen-bond donors (Lipinski definition) is 3. The van der Waals surface area contributed by atoms with E-state index in [1.165, 1.54) is 18.3 Å². The fourth-order valence-electron chi connectivity index (χ4n) is 5.16. The number of aromatic nitrogens is 2. The van der Waals surface area contributed by atoms with E-state index >= 15 is 0 Å². The lowest BCUT2D eigenvalue weighted by molar-refractivity contribution is 0.0626. The number of aliphatic hydroxyl groups is 1. The first-order valence-corrected chi connectivity index (χ1v) is 12.1. The molecule has 0 spiro atoms. The minimum absolute atomic E-state index is 0.171. The second kappa shape index (κ2) is 9.20. The zero-order chi connectivity index (χ0) is 24.7. The zero-order valence-corrected chi connectivity index (χ0v) is 20.0. The van der Waals surface area contributed by atoms with Crippen LogP contribution in [0, 0.1) is 11.6 Å². The van der Waals surface area contributed by atoms with Gasteiger partial charge in [-0.15, -0.1) is 0 Å². The van der Waals surface area contributed by atoms with Gasteiger partial charge in [-0.2, -0.15) is 0 Å². The number of nitrogens with one attached hydrogen (secondary N) is 2. The van der Waals surface area contributed by atoms with Crippen LogP contribution in [0.3, 0.4) is 0 Å². The number of fused-ring (bicyclic) bond motifs is 3. The van der Waals surface area contributed by atoms with Crippen LogP contribution in [0.5, 0.6) is 0 Å². The van der Waals surface area contributed by atoms with Gasteiger partial charge in [-0.05, 0) is 56.9 Å². The smallest absolute Gasteiger partial charge is 0.252 e. The molecule has 9 heteroatoms. The predicted molar refractivity (Wildman–Crippen MR) is 131 cm³/mol. The number of piperazine rings is 1. The molecule has 0 saturated carbocycles. The number of benzene rings is 1. The van der Waals surface area contributed by atoms with Crippen LogP contribution in [0.4, 0.5) is 14.5 Å². The van der Waals surface area contributed by atoms with Gasteiger partial charge in [0.25, 0.3) is 5.91 Å². The van der Waals surface area contributed by atoms with Crippen molar-refractivity contribution in [3.05, 3.63) is 59.4 Å². The van der Waals surface area contributed by atoms with Crippen molar-refractivity contribution in [1.29, 1.82) is 0 Å². The molecule has 2 bridgehead atoms. The number of halogens is 2. The Morgan fingerprint density at radius 1 is 1.20 bits per heavy atom. The number of rotatable bonds is 7. The van der Waals surface area contributed by atoms with Crippen LogP contribution in [0.2, 0.25) is 0 Å². The largest absolute Gasteiger partial charge is 0.389 e. The minimum atomic E-state index is -0.888. The summed E-state index contributed by atoms with van der Waals surface area (Å²) in [6.45, 7) is 5.36. The van der Waals surface area contributed by atoms with Crippen LogP contribution in [0.1, 0.15) is 42.6 Å². The van der Waals surface area contributed by atoms with Crippen LogP contribution in [-0.4, -0.2) is 57.9 Å². The molecule has 2 aromatic heterocycles. The van der Waals surface area contributed by atoms with Crippen molar-refractivity contribution in [3.8, 4) is 0 Å². The van der Waals surface area contributed by atoms with E-state index in [1.807, 2.05) is 21.7 Å². The van der Waals surface area contributed by atoms with E-state index in [0.29, 0.717) is 48.6 Å². The number of nitrogens with zero attached hydrogens (tertiary/aromatic N) is 3. The maximum absolute atomic E-state index is 14.9. The van der Waals surface area contributed by atoms with Gasteiger partial charge in [0.2, 0.25) is 0 Å². The quantitative estimate of drug-likeness (QED) is 0.481. The van der Waals surface area contributed by atoms with Gasteiger partial charge in [-0.1, -0.05) is 0 Å². The fourth-order valence-corrected chi connectivity index (χ4v) is 5.16. The topological polar surface area (TPSA) is 82.4 Å². The monoisotopic (exact) mass is 483 g/mol. The highest BCUT2D eigenvalue weighted by atomic mass is 19.1. The molecular weight excluding hydrogens is 452 g/mol. The molecule has 2 unspecified atom stereocenters. The molecule has 35 heavy (non-hydrogen) atoms. The van der Waals surface area contributed by atoms with Crippen molar-refractivity contribution in [2.75, 3.05) is 24.5 Å². The summed E-state index contributed by atoms with van der Waals surface area (Å²) in [5.41, 5.74) is 0.723. The molecule has 4 heterocycles. The maximum atomic E-state index is 14.9. The van der Waals surface area contributed by atoms with Crippen LogP contribution < -0.4 is 15.5 Å². The van der Waals surface area contributed by atoms with Gasteiger partial charge in [-0.25, -0.2) is 13.8 Å².